The van der Waals surface area contributed by atoms with Crippen LogP contribution in [0.2, 0.25) is 0 Å². The van der Waals surface area contributed by atoms with Crippen LogP contribution in [-0.4, -0.2) is 36.8 Å². The molecule has 0 aliphatic carbocycles. The fourth-order valence-corrected chi connectivity index (χ4v) is 2.71. The normalized spacial score (nSPS) is 19.4. The van der Waals surface area contributed by atoms with Gasteiger partial charge in [-0.15, -0.1) is 0 Å². The molecule has 0 bridgehead atoms. The van der Waals surface area contributed by atoms with Crippen LogP contribution in [0.5, 0.6) is 0 Å². The van der Waals surface area contributed by atoms with E-state index in [1.165, 1.54) is 11.3 Å². The number of rotatable bonds is 5. The molecular formula is C15H22N2O2. The number of benzene rings is 1. The molecule has 1 heterocycles. The zero-order valence-corrected chi connectivity index (χ0v) is 11.4. The van der Waals surface area contributed by atoms with Crippen molar-refractivity contribution >= 4 is 11.7 Å². The third kappa shape index (κ3) is 3.70. The van der Waals surface area contributed by atoms with Gasteiger partial charge in [0.05, 0.1) is 6.54 Å². The van der Waals surface area contributed by atoms with Crippen LogP contribution in [-0.2, 0) is 11.2 Å². The number of aliphatic carboxylic acids is 1. The number of nitrogens with zero attached hydrogens (tertiary/aromatic N) is 1. The topological polar surface area (TPSA) is 52.6 Å². The molecule has 1 aromatic rings. The van der Waals surface area contributed by atoms with Gasteiger partial charge in [-0.1, -0.05) is 25.1 Å². The van der Waals surface area contributed by atoms with E-state index in [0.717, 1.165) is 32.4 Å². The lowest BCUT2D eigenvalue weighted by Gasteiger charge is -2.35. The maximum absolute atomic E-state index is 10.6. The van der Waals surface area contributed by atoms with Crippen molar-refractivity contribution in [3.8, 4) is 0 Å². The highest BCUT2D eigenvalue weighted by Crippen LogP contribution is 2.24. The predicted molar refractivity (Wildman–Crippen MR) is 76.7 cm³/mol. The SMILES string of the molecule is CCc1ccccc1N1CCCC(NCC(=O)O)C1. The molecule has 1 unspecified atom stereocenters. The van der Waals surface area contributed by atoms with Gasteiger partial charge in [0.25, 0.3) is 0 Å². The Morgan fingerprint density at radius 3 is 3.00 bits per heavy atom. The molecule has 1 aromatic carbocycles. The summed E-state index contributed by atoms with van der Waals surface area (Å²) in [4.78, 5) is 13.0. The average Bonchev–Trinajstić information content (AvgIpc) is 2.45. The Hall–Kier alpha value is -1.55. The highest BCUT2D eigenvalue weighted by molar-refractivity contribution is 5.69. The molecule has 2 N–H and O–H groups in total. The molecule has 0 spiro atoms. The molecule has 0 aromatic heterocycles. The molecule has 19 heavy (non-hydrogen) atoms. The lowest BCUT2D eigenvalue weighted by molar-refractivity contribution is -0.136. The molecule has 0 saturated carbocycles. The van der Waals surface area contributed by atoms with Gasteiger partial charge in [0.2, 0.25) is 0 Å². The van der Waals surface area contributed by atoms with Gasteiger partial charge in [0, 0.05) is 24.8 Å². The van der Waals surface area contributed by atoms with Gasteiger partial charge in [0.15, 0.2) is 0 Å². The van der Waals surface area contributed by atoms with Crippen molar-refractivity contribution in [3.05, 3.63) is 29.8 Å². The molecule has 104 valence electrons. The molecule has 1 fully saturated rings. The number of anilines is 1. The second-order valence-corrected chi connectivity index (χ2v) is 5.04. The van der Waals surface area contributed by atoms with Crippen LogP contribution in [0, 0.1) is 0 Å². The van der Waals surface area contributed by atoms with Crippen molar-refractivity contribution in [3.63, 3.8) is 0 Å². The van der Waals surface area contributed by atoms with E-state index in [4.69, 9.17) is 5.11 Å². The Morgan fingerprint density at radius 2 is 2.26 bits per heavy atom. The Kier molecular flexibility index (Phi) is 4.80. The third-order valence-electron chi connectivity index (χ3n) is 3.68. The standard InChI is InChI=1S/C15H22N2O2/c1-2-12-6-3-4-8-14(12)17-9-5-7-13(11-17)16-10-15(18)19/h3-4,6,8,13,16H,2,5,7,9-11H2,1H3,(H,18,19). The quantitative estimate of drug-likeness (QED) is 0.851. The van der Waals surface area contributed by atoms with Crippen molar-refractivity contribution in [2.24, 2.45) is 0 Å². The summed E-state index contributed by atoms with van der Waals surface area (Å²) in [6.07, 6.45) is 3.19. The molecule has 1 saturated heterocycles. The van der Waals surface area contributed by atoms with Gasteiger partial charge < -0.3 is 15.3 Å². The number of piperidine rings is 1. The van der Waals surface area contributed by atoms with Gasteiger partial charge in [-0.05, 0) is 30.9 Å². The van der Waals surface area contributed by atoms with E-state index in [0.29, 0.717) is 0 Å². The number of para-hydroxylation sites is 1. The highest BCUT2D eigenvalue weighted by Gasteiger charge is 2.21. The first-order valence-electron chi connectivity index (χ1n) is 6.98. The molecule has 0 amide bonds. The largest absolute Gasteiger partial charge is 0.480 e. The van der Waals surface area contributed by atoms with Crippen molar-refractivity contribution in [1.82, 2.24) is 5.32 Å². The van der Waals surface area contributed by atoms with E-state index < -0.39 is 5.97 Å². The number of nitrogens with one attached hydrogen (secondary N) is 1. The Morgan fingerprint density at radius 1 is 1.47 bits per heavy atom. The van der Waals surface area contributed by atoms with Crippen LogP contribution < -0.4 is 10.2 Å². The number of carbonyl (C=O) groups is 1. The maximum Gasteiger partial charge on any atom is 0.317 e. The summed E-state index contributed by atoms with van der Waals surface area (Å²) in [5.41, 5.74) is 2.66. The predicted octanol–water partition coefficient (Wildman–Crippen LogP) is 1.89. The number of carboxylic acid groups (broad SMARTS) is 1. The Bertz CT molecular complexity index is 434. The minimum atomic E-state index is -0.786. The van der Waals surface area contributed by atoms with Crippen molar-refractivity contribution in [1.29, 1.82) is 0 Å². The van der Waals surface area contributed by atoms with Crippen molar-refractivity contribution < 1.29 is 9.90 Å². The van der Waals surface area contributed by atoms with Crippen LogP contribution in [0.25, 0.3) is 0 Å². The second-order valence-electron chi connectivity index (χ2n) is 5.04. The summed E-state index contributed by atoms with van der Waals surface area (Å²) in [6.45, 7) is 4.17. The van der Waals surface area contributed by atoms with Gasteiger partial charge in [-0.2, -0.15) is 0 Å². The molecule has 2 rings (SSSR count). The summed E-state index contributed by atoms with van der Waals surface area (Å²) < 4.78 is 0. The molecule has 1 aliphatic heterocycles. The first-order chi connectivity index (χ1) is 9.20. The van der Waals surface area contributed by atoms with Crippen molar-refractivity contribution in [2.75, 3.05) is 24.5 Å². The summed E-state index contributed by atoms with van der Waals surface area (Å²) in [6, 6.07) is 8.76. The van der Waals surface area contributed by atoms with E-state index in [2.05, 4.69) is 41.4 Å². The van der Waals surface area contributed by atoms with Gasteiger partial charge in [-0.3, -0.25) is 4.79 Å². The molecule has 0 radical (unpaired) electrons. The fraction of sp³-hybridized carbons (Fsp3) is 0.533. The second kappa shape index (κ2) is 6.57. The fourth-order valence-electron chi connectivity index (χ4n) is 2.71. The first kappa shape index (κ1) is 13.9. The van der Waals surface area contributed by atoms with E-state index >= 15 is 0 Å². The molecular weight excluding hydrogens is 240 g/mol. The average molecular weight is 262 g/mol. The number of aryl methyl sites for hydroxylation is 1. The number of hydrogen-bond donors (Lipinski definition) is 2. The van der Waals surface area contributed by atoms with Crippen LogP contribution >= 0.6 is 0 Å². The zero-order valence-electron chi connectivity index (χ0n) is 11.4. The highest BCUT2D eigenvalue weighted by atomic mass is 16.4. The lowest BCUT2D eigenvalue weighted by atomic mass is 10.0. The van der Waals surface area contributed by atoms with Gasteiger partial charge >= 0.3 is 5.97 Å². The summed E-state index contributed by atoms with van der Waals surface area (Å²) in [7, 11) is 0. The first-order valence-corrected chi connectivity index (χ1v) is 6.98. The molecule has 1 atom stereocenters. The lowest BCUT2D eigenvalue weighted by Crippen LogP contribution is -2.47. The Balaban J connectivity index is 2.02. The van der Waals surface area contributed by atoms with Gasteiger partial charge in [-0.25, -0.2) is 0 Å². The van der Waals surface area contributed by atoms with Crippen LogP contribution in [0.3, 0.4) is 0 Å². The zero-order chi connectivity index (χ0) is 13.7. The summed E-state index contributed by atoms with van der Waals surface area (Å²) in [5, 5.41) is 11.9. The smallest absolute Gasteiger partial charge is 0.317 e. The number of hydrogen-bond acceptors (Lipinski definition) is 3. The minimum absolute atomic E-state index is 0.0495. The van der Waals surface area contributed by atoms with E-state index in [1.807, 2.05) is 0 Å². The van der Waals surface area contributed by atoms with Crippen LogP contribution in [0.15, 0.2) is 24.3 Å². The summed E-state index contributed by atoms with van der Waals surface area (Å²) in [5.74, 6) is -0.786. The van der Waals surface area contributed by atoms with Crippen LogP contribution in [0.4, 0.5) is 5.69 Å². The molecule has 1 aliphatic rings. The van der Waals surface area contributed by atoms with Gasteiger partial charge in [0.1, 0.15) is 0 Å². The number of carboxylic acids is 1. The van der Waals surface area contributed by atoms with E-state index in [9.17, 15) is 4.79 Å². The third-order valence-corrected chi connectivity index (χ3v) is 3.68. The van der Waals surface area contributed by atoms with Crippen LogP contribution in [0.1, 0.15) is 25.3 Å². The molecule has 4 heteroatoms. The minimum Gasteiger partial charge on any atom is -0.480 e. The van der Waals surface area contributed by atoms with E-state index in [-0.39, 0.29) is 12.6 Å². The summed E-state index contributed by atoms with van der Waals surface area (Å²) >= 11 is 0. The Labute approximate surface area is 114 Å². The maximum atomic E-state index is 10.6. The molecule has 4 nitrogen and oxygen atoms in total. The van der Waals surface area contributed by atoms with E-state index in [1.54, 1.807) is 0 Å². The van der Waals surface area contributed by atoms with Crippen molar-refractivity contribution in [2.45, 2.75) is 32.2 Å². The monoisotopic (exact) mass is 262 g/mol.